The second kappa shape index (κ2) is 7.52. The second-order valence-corrected chi connectivity index (χ2v) is 7.07. The Kier molecular flexibility index (Phi) is 4.94. The molecule has 3 heterocycles. The minimum atomic E-state index is -0.174. The molecule has 0 bridgehead atoms. The molecule has 1 aliphatic heterocycles. The molecule has 1 fully saturated rings. The van der Waals surface area contributed by atoms with Crippen molar-refractivity contribution in [2.24, 2.45) is 0 Å². The van der Waals surface area contributed by atoms with E-state index in [0.717, 1.165) is 49.3 Å². The Balaban J connectivity index is 1.38. The quantitative estimate of drug-likeness (QED) is 0.739. The average molecular weight is 368 g/mol. The molecule has 1 N–H and O–H groups in total. The topological polar surface area (TPSA) is 84.4 Å². The van der Waals surface area contributed by atoms with Gasteiger partial charge in [0.1, 0.15) is 11.3 Å². The van der Waals surface area contributed by atoms with Crippen LogP contribution < -0.4 is 5.32 Å². The van der Waals surface area contributed by atoms with Crippen molar-refractivity contribution in [2.75, 3.05) is 18.4 Å². The molecule has 1 unspecified atom stereocenters. The van der Waals surface area contributed by atoms with Crippen molar-refractivity contribution in [3.63, 3.8) is 0 Å². The number of anilines is 1. The monoisotopic (exact) mass is 368 g/mol. The van der Waals surface area contributed by atoms with Crippen molar-refractivity contribution in [1.29, 1.82) is 0 Å². The van der Waals surface area contributed by atoms with Crippen LogP contribution in [0.5, 0.6) is 0 Å². The molecule has 3 aromatic rings. The molecule has 7 heteroatoms. The fourth-order valence-electron chi connectivity index (χ4n) is 3.77. The largest absolute Gasteiger partial charge is 0.440 e. The predicted octanol–water partition coefficient (Wildman–Crippen LogP) is 3.72. The van der Waals surface area contributed by atoms with Crippen LogP contribution in [0, 0.1) is 6.92 Å². The highest BCUT2D eigenvalue weighted by molar-refractivity contribution is 5.94. The van der Waals surface area contributed by atoms with E-state index < -0.39 is 0 Å². The second-order valence-electron chi connectivity index (χ2n) is 7.07. The van der Waals surface area contributed by atoms with Gasteiger partial charge in [-0.05, 0) is 51.4 Å². The first-order valence-electron chi connectivity index (χ1n) is 9.47. The van der Waals surface area contributed by atoms with Crippen LogP contribution in [0.1, 0.15) is 43.8 Å². The highest BCUT2D eigenvalue weighted by atomic mass is 16.5. The van der Waals surface area contributed by atoms with E-state index in [2.05, 4.69) is 20.4 Å². The number of piperidine rings is 1. The third kappa shape index (κ3) is 3.73. The Morgan fingerprint density at radius 3 is 2.78 bits per heavy atom. The lowest BCUT2D eigenvalue weighted by Crippen LogP contribution is -2.47. The highest BCUT2D eigenvalue weighted by Gasteiger charge is 2.31. The van der Waals surface area contributed by atoms with Crippen LogP contribution in [0.25, 0.3) is 11.1 Å². The molecule has 0 spiro atoms. The van der Waals surface area contributed by atoms with Gasteiger partial charge in [0.2, 0.25) is 5.91 Å². The summed E-state index contributed by atoms with van der Waals surface area (Å²) in [5.41, 5.74) is 1.74. The van der Waals surface area contributed by atoms with E-state index in [1.165, 1.54) is 0 Å². The van der Waals surface area contributed by atoms with Crippen LogP contribution in [-0.2, 0) is 4.79 Å². The number of rotatable bonds is 5. The number of carbonyl (C=O) groups is 1. The normalized spacial score (nSPS) is 17.3. The Hall–Kier alpha value is -2.67. The Bertz CT molecular complexity index is 891. The summed E-state index contributed by atoms with van der Waals surface area (Å²) in [5, 5.41) is 6.70. The van der Waals surface area contributed by atoms with Gasteiger partial charge in [0, 0.05) is 12.0 Å². The summed E-state index contributed by atoms with van der Waals surface area (Å²) in [5.74, 6) is 2.22. The maximum atomic E-state index is 12.7. The summed E-state index contributed by atoms with van der Waals surface area (Å²) in [6, 6.07) is 9.40. The highest BCUT2D eigenvalue weighted by Crippen LogP contribution is 2.31. The first-order valence-corrected chi connectivity index (χ1v) is 9.47. The molecule has 27 heavy (non-hydrogen) atoms. The molecule has 4 rings (SSSR count). The molecule has 142 valence electrons. The zero-order chi connectivity index (χ0) is 18.8. The standard InChI is InChI=1S/C20H24N4O3/c1-3-16(19(25)22-18-12-13(2)27-23-18)24-10-8-14(9-11-24)20-21-15-6-4-5-7-17(15)26-20/h4-7,12,14,16H,3,8-11H2,1-2H3,(H,22,23,25). The molecule has 0 radical (unpaired) electrons. The molecule has 1 aromatic carbocycles. The number of hydrogen-bond donors (Lipinski definition) is 1. The third-order valence-electron chi connectivity index (χ3n) is 5.20. The number of amides is 1. The Morgan fingerprint density at radius 2 is 2.11 bits per heavy atom. The molecule has 7 nitrogen and oxygen atoms in total. The van der Waals surface area contributed by atoms with Gasteiger partial charge in [0.15, 0.2) is 17.3 Å². The number of para-hydroxylation sites is 2. The summed E-state index contributed by atoms with van der Waals surface area (Å²) >= 11 is 0. The van der Waals surface area contributed by atoms with Crippen LogP contribution in [0.4, 0.5) is 5.82 Å². The fraction of sp³-hybridized carbons (Fsp3) is 0.450. The van der Waals surface area contributed by atoms with Crippen LogP contribution in [0.15, 0.2) is 39.3 Å². The number of hydrogen-bond acceptors (Lipinski definition) is 6. The number of fused-ring (bicyclic) bond motifs is 1. The number of oxazole rings is 1. The smallest absolute Gasteiger partial charge is 0.242 e. The van der Waals surface area contributed by atoms with Gasteiger partial charge in [0.05, 0.1) is 6.04 Å². The zero-order valence-electron chi connectivity index (χ0n) is 15.6. The summed E-state index contributed by atoms with van der Waals surface area (Å²) < 4.78 is 10.9. The van der Waals surface area contributed by atoms with Gasteiger partial charge in [-0.1, -0.05) is 24.2 Å². The maximum absolute atomic E-state index is 12.7. The van der Waals surface area contributed by atoms with Gasteiger partial charge in [0.25, 0.3) is 0 Å². The van der Waals surface area contributed by atoms with E-state index in [4.69, 9.17) is 8.94 Å². The van der Waals surface area contributed by atoms with Gasteiger partial charge in [-0.3, -0.25) is 9.69 Å². The van der Waals surface area contributed by atoms with Crippen molar-refractivity contribution >= 4 is 22.8 Å². The number of likely N-dealkylation sites (tertiary alicyclic amines) is 1. The molecule has 1 saturated heterocycles. The number of nitrogens with zero attached hydrogens (tertiary/aromatic N) is 3. The molecule has 2 aromatic heterocycles. The van der Waals surface area contributed by atoms with E-state index in [1.54, 1.807) is 13.0 Å². The summed E-state index contributed by atoms with van der Waals surface area (Å²) in [6.45, 7) is 5.52. The lowest BCUT2D eigenvalue weighted by Gasteiger charge is -2.35. The predicted molar refractivity (Wildman–Crippen MR) is 102 cm³/mol. The number of benzene rings is 1. The first kappa shape index (κ1) is 17.7. The first-order chi connectivity index (χ1) is 13.1. The summed E-state index contributed by atoms with van der Waals surface area (Å²) in [6.07, 6.45) is 2.61. The number of aromatic nitrogens is 2. The molecule has 1 amide bonds. The molecular formula is C20H24N4O3. The van der Waals surface area contributed by atoms with Crippen molar-refractivity contribution in [1.82, 2.24) is 15.0 Å². The third-order valence-corrected chi connectivity index (χ3v) is 5.20. The summed E-state index contributed by atoms with van der Waals surface area (Å²) in [4.78, 5) is 19.5. The van der Waals surface area contributed by atoms with Gasteiger partial charge in [-0.25, -0.2) is 4.98 Å². The molecule has 1 aliphatic rings. The van der Waals surface area contributed by atoms with Crippen molar-refractivity contribution < 1.29 is 13.7 Å². The number of carbonyl (C=O) groups excluding carboxylic acids is 1. The number of aryl methyl sites for hydroxylation is 1. The van der Waals surface area contributed by atoms with Gasteiger partial charge >= 0.3 is 0 Å². The lowest BCUT2D eigenvalue weighted by molar-refractivity contribution is -0.121. The SMILES string of the molecule is CCC(C(=O)Nc1cc(C)on1)N1CCC(c2nc3ccccc3o2)CC1. The van der Waals surface area contributed by atoms with E-state index >= 15 is 0 Å². The van der Waals surface area contributed by atoms with Crippen LogP contribution in [0.2, 0.25) is 0 Å². The number of nitrogens with one attached hydrogen (secondary N) is 1. The van der Waals surface area contributed by atoms with E-state index in [0.29, 0.717) is 17.5 Å². The van der Waals surface area contributed by atoms with Crippen LogP contribution in [0.3, 0.4) is 0 Å². The van der Waals surface area contributed by atoms with Gasteiger partial charge < -0.3 is 14.3 Å². The molecule has 1 atom stereocenters. The van der Waals surface area contributed by atoms with Crippen molar-refractivity contribution in [2.45, 2.75) is 45.1 Å². The molecular weight excluding hydrogens is 344 g/mol. The van der Waals surface area contributed by atoms with E-state index in [-0.39, 0.29) is 11.9 Å². The van der Waals surface area contributed by atoms with Crippen molar-refractivity contribution in [3.05, 3.63) is 42.0 Å². The van der Waals surface area contributed by atoms with Gasteiger partial charge in [-0.2, -0.15) is 0 Å². The molecule has 0 saturated carbocycles. The van der Waals surface area contributed by atoms with Crippen molar-refractivity contribution in [3.8, 4) is 0 Å². The lowest BCUT2D eigenvalue weighted by atomic mass is 9.95. The Labute approximate surface area is 157 Å². The minimum absolute atomic E-state index is 0.0360. The maximum Gasteiger partial charge on any atom is 0.242 e. The fourth-order valence-corrected chi connectivity index (χ4v) is 3.77. The average Bonchev–Trinajstić information content (AvgIpc) is 3.29. The van der Waals surface area contributed by atoms with Crippen LogP contribution >= 0.6 is 0 Å². The minimum Gasteiger partial charge on any atom is -0.440 e. The van der Waals surface area contributed by atoms with E-state index in [9.17, 15) is 4.79 Å². The van der Waals surface area contributed by atoms with Gasteiger partial charge in [-0.15, -0.1) is 0 Å². The zero-order valence-corrected chi connectivity index (χ0v) is 15.6. The van der Waals surface area contributed by atoms with Crippen LogP contribution in [-0.4, -0.2) is 40.1 Å². The Morgan fingerprint density at radius 1 is 1.33 bits per heavy atom. The molecule has 0 aliphatic carbocycles. The van der Waals surface area contributed by atoms with E-state index in [1.807, 2.05) is 31.2 Å². The summed E-state index contributed by atoms with van der Waals surface area (Å²) in [7, 11) is 0.